The summed E-state index contributed by atoms with van der Waals surface area (Å²) < 4.78 is 45.1. The number of carbonyl (C=O) groups is 2. The summed E-state index contributed by atoms with van der Waals surface area (Å²) >= 11 is 0. The van der Waals surface area contributed by atoms with E-state index in [2.05, 4.69) is 5.10 Å². The van der Waals surface area contributed by atoms with Crippen molar-refractivity contribution in [3.63, 3.8) is 0 Å². The zero-order valence-electron chi connectivity index (χ0n) is 13.7. The quantitative estimate of drug-likeness (QED) is 0.899. The number of nitrogens with zero attached hydrogens (tertiary/aromatic N) is 3. The first-order valence-corrected chi connectivity index (χ1v) is 7.53. The van der Waals surface area contributed by atoms with E-state index in [0.717, 1.165) is 31.5 Å². The number of ether oxygens (including phenoxy) is 1. The van der Waals surface area contributed by atoms with Crippen molar-refractivity contribution in [3.8, 4) is 5.75 Å². The number of rotatable bonds is 3. The lowest BCUT2D eigenvalue weighted by Crippen LogP contribution is -2.43. The number of carbonyl (C=O) groups excluding carboxylic acids is 1. The second-order valence-electron chi connectivity index (χ2n) is 5.80. The maximum atomic E-state index is 13.0. The summed E-state index contributed by atoms with van der Waals surface area (Å²) in [5, 5.41) is 13.2. The average Bonchev–Trinajstić information content (AvgIpc) is 3.03. The molecule has 1 atom stereocenters. The minimum atomic E-state index is -4.60. The number of methoxy groups -OCH3 is 1. The van der Waals surface area contributed by atoms with Crippen molar-refractivity contribution in [2.45, 2.75) is 19.1 Å². The molecule has 0 unspecified atom stereocenters. The van der Waals surface area contributed by atoms with Crippen molar-refractivity contribution >= 4 is 17.6 Å². The van der Waals surface area contributed by atoms with E-state index in [-0.39, 0.29) is 29.5 Å². The van der Waals surface area contributed by atoms with Crippen molar-refractivity contribution < 1.29 is 32.6 Å². The largest absolute Gasteiger partial charge is 0.496 e. The summed E-state index contributed by atoms with van der Waals surface area (Å²) in [7, 11) is 1.10. The van der Waals surface area contributed by atoms with Gasteiger partial charge in [0, 0.05) is 18.3 Å². The van der Waals surface area contributed by atoms with Crippen molar-refractivity contribution in [2.24, 2.45) is 0 Å². The van der Waals surface area contributed by atoms with Gasteiger partial charge in [-0.3, -0.25) is 9.48 Å². The minimum absolute atomic E-state index is 0.116. The summed E-state index contributed by atoms with van der Waals surface area (Å²) in [6, 6.07) is 2.74. The number of carboxylic acid groups (broad SMARTS) is 1. The molecule has 1 N–H and O–H groups in total. The van der Waals surface area contributed by atoms with Gasteiger partial charge in [0.2, 0.25) is 0 Å². The van der Waals surface area contributed by atoms with Crippen LogP contribution in [-0.4, -0.2) is 40.4 Å². The van der Waals surface area contributed by atoms with E-state index < -0.39 is 29.4 Å². The zero-order chi connectivity index (χ0) is 19.2. The van der Waals surface area contributed by atoms with Gasteiger partial charge in [-0.25, -0.2) is 4.79 Å². The molecule has 0 saturated carbocycles. The fraction of sp³-hybridized carbons (Fsp3) is 0.312. The number of aromatic carboxylic acids is 1. The van der Waals surface area contributed by atoms with Gasteiger partial charge in [0.1, 0.15) is 17.0 Å². The number of aromatic nitrogens is 2. The van der Waals surface area contributed by atoms with Crippen LogP contribution < -0.4 is 9.64 Å². The summed E-state index contributed by atoms with van der Waals surface area (Å²) in [6.45, 7) is 1.85. The second kappa shape index (κ2) is 6.04. The van der Waals surface area contributed by atoms with Crippen molar-refractivity contribution in [3.05, 3.63) is 41.2 Å². The standard InChI is InChI=1S/C16H14F3N3O4/c1-8-7-21(14(23)13-10(15(24)25)6-20-22(8)13)9-3-4-11(16(17,18)19)12(5-9)26-2/h3-6,8H,7H2,1-2H3,(H,24,25)/t8-/m0/s1. The lowest BCUT2D eigenvalue weighted by molar-refractivity contribution is -0.138. The average molecular weight is 369 g/mol. The van der Waals surface area contributed by atoms with E-state index in [4.69, 9.17) is 4.74 Å². The van der Waals surface area contributed by atoms with Crippen LogP contribution in [0.5, 0.6) is 5.75 Å². The Hall–Kier alpha value is -3.04. The van der Waals surface area contributed by atoms with E-state index in [1.807, 2.05) is 0 Å². The molecule has 0 spiro atoms. The van der Waals surface area contributed by atoms with Gasteiger partial charge in [-0.15, -0.1) is 0 Å². The normalized spacial score (nSPS) is 17.2. The van der Waals surface area contributed by atoms with Crippen LogP contribution in [-0.2, 0) is 6.18 Å². The maximum Gasteiger partial charge on any atom is 0.419 e. The molecule has 2 aromatic rings. The van der Waals surface area contributed by atoms with Crippen LogP contribution in [0.4, 0.5) is 18.9 Å². The van der Waals surface area contributed by atoms with Gasteiger partial charge in [0.25, 0.3) is 5.91 Å². The molecule has 138 valence electrons. The van der Waals surface area contributed by atoms with Gasteiger partial charge < -0.3 is 14.7 Å². The van der Waals surface area contributed by atoms with E-state index >= 15 is 0 Å². The van der Waals surface area contributed by atoms with Crippen molar-refractivity contribution in [1.82, 2.24) is 9.78 Å². The predicted molar refractivity (Wildman–Crippen MR) is 83.6 cm³/mol. The van der Waals surface area contributed by atoms with Crippen LogP contribution >= 0.6 is 0 Å². The molecular formula is C16H14F3N3O4. The number of halogens is 3. The first-order valence-electron chi connectivity index (χ1n) is 7.53. The molecule has 1 amide bonds. The summed E-state index contributed by atoms with van der Waals surface area (Å²) in [6.07, 6.45) is -3.51. The van der Waals surface area contributed by atoms with Gasteiger partial charge >= 0.3 is 12.1 Å². The number of carboxylic acids is 1. The van der Waals surface area contributed by atoms with E-state index in [9.17, 15) is 27.9 Å². The Labute approximate surface area is 145 Å². The molecule has 0 saturated heterocycles. The molecule has 1 aliphatic rings. The Balaban J connectivity index is 2.07. The fourth-order valence-corrected chi connectivity index (χ4v) is 2.92. The Morgan fingerprint density at radius 2 is 2.08 bits per heavy atom. The first kappa shape index (κ1) is 17.8. The Morgan fingerprint density at radius 1 is 1.38 bits per heavy atom. The van der Waals surface area contributed by atoms with E-state index in [0.29, 0.717) is 0 Å². The molecular weight excluding hydrogens is 355 g/mol. The smallest absolute Gasteiger partial charge is 0.419 e. The van der Waals surface area contributed by atoms with Crippen molar-refractivity contribution in [1.29, 1.82) is 0 Å². The number of fused-ring (bicyclic) bond motifs is 1. The molecule has 0 radical (unpaired) electrons. The third kappa shape index (κ3) is 2.76. The maximum absolute atomic E-state index is 13.0. The molecule has 10 heteroatoms. The van der Waals surface area contributed by atoms with Gasteiger partial charge in [-0.2, -0.15) is 18.3 Å². The predicted octanol–water partition coefficient (Wildman–Crippen LogP) is 2.83. The molecule has 26 heavy (non-hydrogen) atoms. The summed E-state index contributed by atoms with van der Waals surface area (Å²) in [5.74, 6) is -2.38. The first-order chi connectivity index (χ1) is 12.1. The number of hydrogen-bond donors (Lipinski definition) is 1. The molecule has 1 aromatic carbocycles. The highest BCUT2D eigenvalue weighted by molar-refractivity contribution is 6.11. The van der Waals surface area contributed by atoms with Gasteiger partial charge in [0.15, 0.2) is 0 Å². The minimum Gasteiger partial charge on any atom is -0.496 e. The molecule has 0 fully saturated rings. The fourth-order valence-electron chi connectivity index (χ4n) is 2.92. The summed E-state index contributed by atoms with van der Waals surface area (Å²) in [5.41, 5.74) is -1.16. The monoisotopic (exact) mass is 369 g/mol. The highest BCUT2D eigenvalue weighted by Gasteiger charge is 2.37. The van der Waals surface area contributed by atoms with Crippen LogP contribution in [0.3, 0.4) is 0 Å². The molecule has 7 nitrogen and oxygen atoms in total. The third-order valence-corrected chi connectivity index (χ3v) is 4.14. The molecule has 0 bridgehead atoms. The lowest BCUT2D eigenvalue weighted by atomic mass is 10.1. The van der Waals surface area contributed by atoms with Gasteiger partial charge in [-0.1, -0.05) is 0 Å². The number of benzene rings is 1. The zero-order valence-corrected chi connectivity index (χ0v) is 13.7. The van der Waals surface area contributed by atoms with E-state index in [1.54, 1.807) is 6.92 Å². The third-order valence-electron chi connectivity index (χ3n) is 4.14. The number of alkyl halides is 3. The number of amides is 1. The Kier molecular flexibility index (Phi) is 4.13. The molecule has 1 aliphatic heterocycles. The van der Waals surface area contributed by atoms with Crippen LogP contribution in [0, 0.1) is 0 Å². The number of anilines is 1. The highest BCUT2D eigenvalue weighted by atomic mass is 19.4. The van der Waals surface area contributed by atoms with Crippen LogP contribution in [0.2, 0.25) is 0 Å². The molecule has 0 aliphatic carbocycles. The van der Waals surface area contributed by atoms with Gasteiger partial charge in [-0.05, 0) is 19.1 Å². The highest BCUT2D eigenvalue weighted by Crippen LogP contribution is 2.39. The second-order valence-corrected chi connectivity index (χ2v) is 5.80. The lowest BCUT2D eigenvalue weighted by Gasteiger charge is -2.32. The van der Waals surface area contributed by atoms with E-state index in [1.165, 1.54) is 9.58 Å². The Morgan fingerprint density at radius 3 is 2.65 bits per heavy atom. The molecule has 1 aromatic heterocycles. The number of hydrogen-bond acceptors (Lipinski definition) is 4. The van der Waals surface area contributed by atoms with Crippen LogP contribution in [0.1, 0.15) is 39.4 Å². The van der Waals surface area contributed by atoms with Gasteiger partial charge in [0.05, 0.1) is 24.9 Å². The summed E-state index contributed by atoms with van der Waals surface area (Å²) in [4.78, 5) is 25.3. The Bertz CT molecular complexity index is 891. The van der Waals surface area contributed by atoms with Crippen molar-refractivity contribution in [2.75, 3.05) is 18.6 Å². The molecule has 2 heterocycles. The van der Waals surface area contributed by atoms with Crippen LogP contribution in [0.15, 0.2) is 24.4 Å². The van der Waals surface area contributed by atoms with Crippen LogP contribution in [0.25, 0.3) is 0 Å². The molecule has 3 rings (SSSR count). The SMILES string of the molecule is COc1cc(N2C[C@H](C)n3ncc(C(=O)O)c3C2=O)ccc1C(F)(F)F. The topological polar surface area (TPSA) is 84.7 Å².